The molecule has 0 bridgehead atoms. The van der Waals surface area contributed by atoms with Crippen LogP contribution < -0.4 is 5.73 Å². The van der Waals surface area contributed by atoms with Crippen LogP contribution in [0.4, 0.5) is 0 Å². The second-order valence-corrected chi connectivity index (χ2v) is 6.79. The van der Waals surface area contributed by atoms with Crippen LogP contribution in [0, 0.1) is 0 Å². The van der Waals surface area contributed by atoms with Crippen LogP contribution in [0.1, 0.15) is 40.6 Å². The van der Waals surface area contributed by atoms with Crippen LogP contribution in [0.3, 0.4) is 0 Å². The van der Waals surface area contributed by atoms with E-state index in [1.54, 1.807) is 18.3 Å². The molecule has 2 N–H and O–H groups in total. The maximum Gasteiger partial charge on any atom is 0.248 e. The first-order chi connectivity index (χ1) is 13.1. The fourth-order valence-electron chi connectivity index (χ4n) is 3.60. The number of aromatic nitrogens is 4. The van der Waals surface area contributed by atoms with E-state index in [-0.39, 0.29) is 6.04 Å². The predicted octanol–water partition coefficient (Wildman–Crippen LogP) is 2.16. The third-order valence-electron chi connectivity index (χ3n) is 4.97. The minimum Gasteiger partial charge on any atom is -0.366 e. The van der Waals surface area contributed by atoms with E-state index in [0.29, 0.717) is 11.4 Å². The monoisotopic (exact) mass is 362 g/mol. The molecule has 0 aliphatic carbocycles. The lowest BCUT2D eigenvalue weighted by atomic mass is 10.1. The first-order valence-electron chi connectivity index (χ1n) is 9.08. The molecule has 7 nitrogen and oxygen atoms in total. The lowest BCUT2D eigenvalue weighted by molar-refractivity contribution is 0.100. The Labute approximate surface area is 157 Å². The normalized spacial score (nSPS) is 15.7. The summed E-state index contributed by atoms with van der Waals surface area (Å²) in [6.07, 6.45) is 6.07. The van der Waals surface area contributed by atoms with Crippen molar-refractivity contribution in [2.75, 3.05) is 13.1 Å². The summed E-state index contributed by atoms with van der Waals surface area (Å²) < 4.78 is 1.84. The summed E-state index contributed by atoms with van der Waals surface area (Å²) in [6.45, 7) is 2.07. The number of nitrogens with zero attached hydrogens (tertiary/aromatic N) is 5. The largest absolute Gasteiger partial charge is 0.366 e. The van der Waals surface area contributed by atoms with Gasteiger partial charge in [-0.2, -0.15) is 5.10 Å². The molecule has 3 aromatic rings. The van der Waals surface area contributed by atoms with Crippen LogP contribution in [0.15, 0.2) is 48.8 Å². The number of hydrogen-bond donors (Lipinski definition) is 1. The highest BCUT2D eigenvalue weighted by Crippen LogP contribution is 2.31. The molecule has 1 fully saturated rings. The topological polar surface area (TPSA) is 89.9 Å². The Morgan fingerprint density at radius 1 is 1.15 bits per heavy atom. The van der Waals surface area contributed by atoms with Crippen molar-refractivity contribution in [2.45, 2.75) is 18.9 Å². The molecule has 1 aliphatic rings. The van der Waals surface area contributed by atoms with Crippen molar-refractivity contribution in [1.29, 1.82) is 0 Å². The van der Waals surface area contributed by atoms with Gasteiger partial charge in [-0.25, -0.2) is 4.98 Å². The summed E-state index contributed by atoms with van der Waals surface area (Å²) in [6, 6.07) is 11.1. The molecule has 1 amide bonds. The molecule has 1 atom stereocenters. The number of likely N-dealkylation sites (tertiary alicyclic amines) is 1. The number of pyridine rings is 1. The van der Waals surface area contributed by atoms with Crippen molar-refractivity contribution >= 4 is 5.91 Å². The Hall–Kier alpha value is -3.06. The minimum absolute atomic E-state index is 0.0253. The van der Waals surface area contributed by atoms with E-state index in [2.05, 4.69) is 21.0 Å². The molecule has 0 spiro atoms. The summed E-state index contributed by atoms with van der Waals surface area (Å²) >= 11 is 0. The van der Waals surface area contributed by atoms with Crippen molar-refractivity contribution in [3.8, 4) is 11.4 Å². The highest BCUT2D eigenvalue weighted by atomic mass is 16.1. The Morgan fingerprint density at radius 3 is 2.52 bits per heavy atom. The number of carbonyl (C=O) groups is 1. The van der Waals surface area contributed by atoms with E-state index in [1.165, 1.54) is 12.8 Å². The van der Waals surface area contributed by atoms with Crippen LogP contribution in [0.25, 0.3) is 11.4 Å². The molecule has 1 aromatic carbocycles. The molecular formula is C20H22N6O. The molecule has 1 saturated heterocycles. The number of carbonyl (C=O) groups excluding carboxylic acids is 1. The number of amides is 1. The Balaban J connectivity index is 1.72. The van der Waals surface area contributed by atoms with Gasteiger partial charge in [0.1, 0.15) is 5.82 Å². The molecule has 1 aliphatic heterocycles. The predicted molar refractivity (Wildman–Crippen MR) is 102 cm³/mol. The number of aryl methyl sites for hydroxylation is 1. The molecule has 138 valence electrons. The van der Waals surface area contributed by atoms with Gasteiger partial charge in [-0.15, -0.1) is 0 Å². The van der Waals surface area contributed by atoms with E-state index < -0.39 is 5.91 Å². The van der Waals surface area contributed by atoms with Gasteiger partial charge in [0.2, 0.25) is 5.91 Å². The molecule has 1 unspecified atom stereocenters. The molecular weight excluding hydrogens is 340 g/mol. The van der Waals surface area contributed by atoms with E-state index in [4.69, 9.17) is 10.7 Å². The molecule has 3 heterocycles. The van der Waals surface area contributed by atoms with Crippen molar-refractivity contribution in [3.63, 3.8) is 0 Å². The maximum absolute atomic E-state index is 11.3. The SMILES string of the molecule is Cn1nc(-c2ccc(C(N)=O)cc2)nc1C(c1cccnc1)N1CCCC1. The summed E-state index contributed by atoms with van der Waals surface area (Å²) in [5.41, 5.74) is 7.76. The van der Waals surface area contributed by atoms with Crippen LogP contribution in [0.2, 0.25) is 0 Å². The summed E-state index contributed by atoms with van der Waals surface area (Å²) in [5, 5.41) is 4.62. The molecule has 0 radical (unpaired) electrons. The number of rotatable bonds is 5. The highest BCUT2D eigenvalue weighted by Gasteiger charge is 2.29. The second-order valence-electron chi connectivity index (χ2n) is 6.79. The van der Waals surface area contributed by atoms with Crippen molar-refractivity contribution in [1.82, 2.24) is 24.6 Å². The highest BCUT2D eigenvalue weighted by molar-refractivity contribution is 5.93. The van der Waals surface area contributed by atoms with Crippen LogP contribution in [-0.4, -0.2) is 43.6 Å². The quantitative estimate of drug-likeness (QED) is 0.751. The first kappa shape index (κ1) is 17.4. The average Bonchev–Trinajstić information content (AvgIpc) is 3.34. The minimum atomic E-state index is -0.443. The Bertz CT molecular complexity index is 929. The van der Waals surface area contributed by atoms with E-state index >= 15 is 0 Å². The van der Waals surface area contributed by atoms with E-state index in [1.807, 2.05) is 36.1 Å². The zero-order valence-electron chi connectivity index (χ0n) is 15.2. The van der Waals surface area contributed by atoms with E-state index in [0.717, 1.165) is 30.0 Å². The molecule has 2 aromatic heterocycles. The van der Waals surface area contributed by atoms with E-state index in [9.17, 15) is 4.79 Å². The standard InChI is InChI=1S/C20H22N6O/c1-25-20(17(26-11-2-3-12-26)16-5-4-10-22-13-16)23-19(24-25)15-8-6-14(7-9-15)18(21)27/h4-10,13,17H,2-3,11-12H2,1H3,(H2,21,27). The molecule has 0 saturated carbocycles. The molecule has 27 heavy (non-hydrogen) atoms. The molecule has 7 heteroatoms. The zero-order chi connectivity index (χ0) is 18.8. The average molecular weight is 362 g/mol. The van der Waals surface area contributed by atoms with Crippen molar-refractivity contribution in [3.05, 3.63) is 65.7 Å². The third-order valence-corrected chi connectivity index (χ3v) is 4.97. The number of hydrogen-bond acceptors (Lipinski definition) is 5. The fraction of sp³-hybridized carbons (Fsp3) is 0.300. The summed E-state index contributed by atoms with van der Waals surface area (Å²) in [4.78, 5) is 22.8. The second kappa shape index (κ2) is 7.28. The van der Waals surface area contributed by atoms with Gasteiger partial charge in [0.25, 0.3) is 0 Å². The summed E-state index contributed by atoms with van der Waals surface area (Å²) in [5.74, 6) is 1.08. The van der Waals surface area contributed by atoms with Gasteiger partial charge in [-0.3, -0.25) is 19.4 Å². The van der Waals surface area contributed by atoms with Gasteiger partial charge in [0.05, 0.1) is 6.04 Å². The van der Waals surface area contributed by atoms with Crippen molar-refractivity contribution in [2.24, 2.45) is 12.8 Å². The van der Waals surface area contributed by atoms with Gasteiger partial charge >= 0.3 is 0 Å². The van der Waals surface area contributed by atoms with Crippen LogP contribution in [0.5, 0.6) is 0 Å². The van der Waals surface area contributed by atoms with Gasteiger partial charge in [-0.1, -0.05) is 18.2 Å². The third kappa shape index (κ3) is 3.46. The van der Waals surface area contributed by atoms with Gasteiger partial charge in [0.15, 0.2) is 5.82 Å². The number of nitrogens with two attached hydrogens (primary N) is 1. The molecule has 4 rings (SSSR count). The Morgan fingerprint density at radius 2 is 1.89 bits per heavy atom. The maximum atomic E-state index is 11.3. The number of benzene rings is 1. The van der Waals surface area contributed by atoms with Crippen LogP contribution >= 0.6 is 0 Å². The lowest BCUT2D eigenvalue weighted by Crippen LogP contribution is -2.29. The van der Waals surface area contributed by atoms with Gasteiger partial charge in [-0.05, 0) is 49.7 Å². The van der Waals surface area contributed by atoms with Crippen LogP contribution in [-0.2, 0) is 7.05 Å². The van der Waals surface area contributed by atoms with Crippen molar-refractivity contribution < 1.29 is 4.79 Å². The van der Waals surface area contributed by atoms with Gasteiger partial charge < -0.3 is 5.73 Å². The number of primary amides is 1. The summed E-state index contributed by atoms with van der Waals surface area (Å²) in [7, 11) is 1.92. The first-order valence-corrected chi connectivity index (χ1v) is 9.08. The smallest absolute Gasteiger partial charge is 0.248 e. The van der Waals surface area contributed by atoms with Gasteiger partial charge in [0, 0.05) is 30.6 Å². The Kier molecular flexibility index (Phi) is 4.68. The zero-order valence-corrected chi connectivity index (χ0v) is 15.2. The fourth-order valence-corrected chi connectivity index (χ4v) is 3.60. The lowest BCUT2D eigenvalue weighted by Gasteiger charge is -2.26.